The Hall–Kier alpha value is -1.60. The molecule has 110 valence electrons. The molecule has 0 aromatic carbocycles. The summed E-state index contributed by atoms with van der Waals surface area (Å²) in [7, 11) is -1.93. The van der Waals surface area contributed by atoms with Gasteiger partial charge >= 0.3 is 0 Å². The number of sulfonamides is 1. The second-order valence-corrected chi connectivity index (χ2v) is 6.71. The molecule has 0 unspecified atom stereocenters. The van der Waals surface area contributed by atoms with E-state index in [9.17, 15) is 8.42 Å². The smallest absolute Gasteiger partial charge is 0.260 e. The Balaban J connectivity index is 2.40. The van der Waals surface area contributed by atoms with Gasteiger partial charge in [-0.2, -0.15) is 0 Å². The fourth-order valence-electron chi connectivity index (χ4n) is 1.94. The lowest BCUT2D eigenvalue weighted by atomic mass is 10.1. The summed E-state index contributed by atoms with van der Waals surface area (Å²) in [6.07, 6.45) is 2.49. The minimum Gasteiger partial charge on any atom is -0.371 e. The van der Waals surface area contributed by atoms with Crippen molar-refractivity contribution in [2.45, 2.75) is 25.3 Å². The Morgan fingerprint density at radius 1 is 1.35 bits per heavy atom. The van der Waals surface area contributed by atoms with E-state index < -0.39 is 10.0 Å². The SMILES string of the molecule is CNc1nc2ccccn2c1S(=O)(=O)NCCC(C)C. The lowest BCUT2D eigenvalue weighted by molar-refractivity contribution is 0.549. The van der Waals surface area contributed by atoms with Crippen molar-refractivity contribution in [3.63, 3.8) is 0 Å². The fraction of sp³-hybridized carbons (Fsp3) is 0.462. The highest BCUT2D eigenvalue weighted by atomic mass is 32.2. The summed E-state index contributed by atoms with van der Waals surface area (Å²) in [6.45, 7) is 4.53. The van der Waals surface area contributed by atoms with Crippen LogP contribution in [0.5, 0.6) is 0 Å². The quantitative estimate of drug-likeness (QED) is 0.851. The summed E-state index contributed by atoms with van der Waals surface area (Å²) >= 11 is 0. The van der Waals surface area contributed by atoms with Crippen LogP contribution in [0.1, 0.15) is 20.3 Å². The van der Waals surface area contributed by atoms with Crippen molar-refractivity contribution in [1.82, 2.24) is 14.1 Å². The number of rotatable bonds is 6. The molecule has 0 spiro atoms. The van der Waals surface area contributed by atoms with E-state index in [1.54, 1.807) is 29.8 Å². The van der Waals surface area contributed by atoms with Crippen LogP contribution in [0.25, 0.3) is 5.65 Å². The van der Waals surface area contributed by atoms with Crippen LogP contribution < -0.4 is 10.0 Å². The molecule has 20 heavy (non-hydrogen) atoms. The lowest BCUT2D eigenvalue weighted by Gasteiger charge is -2.09. The maximum Gasteiger partial charge on any atom is 0.260 e. The average Bonchev–Trinajstić information content (AvgIpc) is 2.77. The van der Waals surface area contributed by atoms with E-state index in [0.29, 0.717) is 23.9 Å². The topological polar surface area (TPSA) is 75.5 Å². The van der Waals surface area contributed by atoms with Crippen molar-refractivity contribution in [3.05, 3.63) is 24.4 Å². The van der Waals surface area contributed by atoms with Gasteiger partial charge in [0.2, 0.25) is 0 Å². The molecule has 2 heterocycles. The predicted molar refractivity (Wildman–Crippen MR) is 79.4 cm³/mol. The molecule has 0 aliphatic heterocycles. The minimum atomic E-state index is -3.59. The molecule has 0 radical (unpaired) electrons. The number of imidazole rings is 1. The first-order chi connectivity index (χ1) is 9.45. The third kappa shape index (κ3) is 2.94. The summed E-state index contributed by atoms with van der Waals surface area (Å²) in [5.41, 5.74) is 0.598. The highest BCUT2D eigenvalue weighted by molar-refractivity contribution is 7.89. The Morgan fingerprint density at radius 3 is 2.75 bits per heavy atom. The molecule has 0 atom stereocenters. The highest BCUT2D eigenvalue weighted by Crippen LogP contribution is 2.22. The fourth-order valence-corrected chi connectivity index (χ4v) is 3.28. The van der Waals surface area contributed by atoms with E-state index in [1.807, 2.05) is 6.07 Å². The van der Waals surface area contributed by atoms with Crippen LogP contribution in [0.4, 0.5) is 5.82 Å². The third-order valence-corrected chi connectivity index (χ3v) is 4.47. The zero-order chi connectivity index (χ0) is 14.8. The van der Waals surface area contributed by atoms with Crippen LogP contribution in [-0.4, -0.2) is 31.4 Å². The van der Waals surface area contributed by atoms with Crippen LogP contribution in [0.2, 0.25) is 0 Å². The van der Waals surface area contributed by atoms with Crippen molar-refractivity contribution in [2.24, 2.45) is 5.92 Å². The molecular weight excluding hydrogens is 276 g/mol. The molecule has 2 aromatic heterocycles. The van der Waals surface area contributed by atoms with Crippen LogP contribution in [0.3, 0.4) is 0 Å². The van der Waals surface area contributed by atoms with Crippen molar-refractivity contribution in [2.75, 3.05) is 18.9 Å². The first-order valence-electron chi connectivity index (χ1n) is 6.60. The van der Waals surface area contributed by atoms with E-state index in [0.717, 1.165) is 6.42 Å². The second kappa shape index (κ2) is 5.80. The largest absolute Gasteiger partial charge is 0.371 e. The van der Waals surface area contributed by atoms with Gasteiger partial charge in [0.05, 0.1) is 0 Å². The first kappa shape index (κ1) is 14.8. The predicted octanol–water partition coefficient (Wildman–Crippen LogP) is 1.70. The number of aromatic nitrogens is 2. The summed E-state index contributed by atoms with van der Waals surface area (Å²) in [6, 6.07) is 5.37. The molecule has 0 amide bonds. The van der Waals surface area contributed by atoms with Crippen LogP contribution >= 0.6 is 0 Å². The Bertz CT molecular complexity index is 691. The van der Waals surface area contributed by atoms with Gasteiger partial charge in [0, 0.05) is 19.8 Å². The van der Waals surface area contributed by atoms with Gasteiger partial charge in [-0.25, -0.2) is 18.1 Å². The van der Waals surface area contributed by atoms with Crippen molar-refractivity contribution >= 4 is 21.5 Å². The number of hydrogen-bond acceptors (Lipinski definition) is 4. The second-order valence-electron chi connectivity index (χ2n) is 5.02. The Morgan fingerprint density at radius 2 is 2.10 bits per heavy atom. The van der Waals surface area contributed by atoms with Gasteiger partial charge in [0.15, 0.2) is 10.8 Å². The molecule has 2 aromatic rings. The van der Waals surface area contributed by atoms with Gasteiger partial charge in [-0.15, -0.1) is 0 Å². The van der Waals surface area contributed by atoms with Gasteiger partial charge in [0.1, 0.15) is 5.65 Å². The number of anilines is 1. The van der Waals surface area contributed by atoms with Gasteiger partial charge in [0.25, 0.3) is 10.0 Å². The van der Waals surface area contributed by atoms with Gasteiger partial charge in [-0.1, -0.05) is 19.9 Å². The Kier molecular flexibility index (Phi) is 4.29. The molecule has 0 saturated carbocycles. The van der Waals surface area contributed by atoms with E-state index in [-0.39, 0.29) is 5.03 Å². The molecular formula is C13H20N4O2S. The minimum absolute atomic E-state index is 0.152. The lowest BCUT2D eigenvalue weighted by Crippen LogP contribution is -2.27. The maximum atomic E-state index is 12.5. The normalized spacial score (nSPS) is 12.2. The summed E-state index contributed by atoms with van der Waals surface area (Å²) < 4.78 is 29.1. The number of fused-ring (bicyclic) bond motifs is 1. The number of pyridine rings is 1. The molecule has 0 aliphatic carbocycles. The first-order valence-corrected chi connectivity index (χ1v) is 8.08. The number of nitrogens with zero attached hydrogens (tertiary/aromatic N) is 2. The third-order valence-electron chi connectivity index (χ3n) is 2.99. The Labute approximate surface area is 119 Å². The van der Waals surface area contributed by atoms with Gasteiger partial charge in [-0.05, 0) is 24.5 Å². The van der Waals surface area contributed by atoms with E-state index >= 15 is 0 Å². The molecule has 0 saturated heterocycles. The molecule has 0 fully saturated rings. The molecule has 0 bridgehead atoms. The summed E-state index contributed by atoms with van der Waals surface area (Å²) in [5, 5.41) is 2.99. The molecule has 6 nitrogen and oxygen atoms in total. The zero-order valence-corrected chi connectivity index (χ0v) is 12.7. The average molecular weight is 296 g/mol. The van der Waals surface area contributed by atoms with E-state index in [1.165, 1.54) is 0 Å². The van der Waals surface area contributed by atoms with Crippen LogP contribution in [0, 0.1) is 5.92 Å². The standard InChI is InChI=1S/C13H20N4O2S/c1-10(2)7-8-15-20(18,19)13-12(14-3)16-11-6-4-5-9-17(11)13/h4-6,9-10,14-15H,7-8H2,1-3H3. The molecule has 0 aliphatic rings. The van der Waals surface area contributed by atoms with Crippen molar-refractivity contribution in [1.29, 1.82) is 0 Å². The monoisotopic (exact) mass is 296 g/mol. The van der Waals surface area contributed by atoms with Gasteiger partial charge < -0.3 is 5.32 Å². The van der Waals surface area contributed by atoms with E-state index in [4.69, 9.17) is 0 Å². The molecule has 2 N–H and O–H groups in total. The van der Waals surface area contributed by atoms with Crippen molar-refractivity contribution in [3.8, 4) is 0 Å². The summed E-state index contributed by atoms with van der Waals surface area (Å²) in [4.78, 5) is 4.27. The highest BCUT2D eigenvalue weighted by Gasteiger charge is 2.24. The summed E-state index contributed by atoms with van der Waals surface area (Å²) in [5.74, 6) is 0.803. The van der Waals surface area contributed by atoms with Crippen LogP contribution in [0.15, 0.2) is 29.4 Å². The van der Waals surface area contributed by atoms with Gasteiger partial charge in [-0.3, -0.25) is 4.40 Å². The van der Waals surface area contributed by atoms with E-state index in [2.05, 4.69) is 28.9 Å². The maximum absolute atomic E-state index is 12.5. The van der Waals surface area contributed by atoms with Crippen LogP contribution in [-0.2, 0) is 10.0 Å². The zero-order valence-electron chi connectivity index (χ0n) is 11.9. The number of nitrogens with one attached hydrogen (secondary N) is 2. The van der Waals surface area contributed by atoms with Crippen molar-refractivity contribution < 1.29 is 8.42 Å². The molecule has 2 rings (SSSR count). The molecule has 7 heteroatoms. The number of hydrogen-bond donors (Lipinski definition) is 2.